The van der Waals surface area contributed by atoms with Crippen molar-refractivity contribution < 1.29 is 33.2 Å². The Balaban J connectivity index is 1.44. The average molecular weight is 680 g/mol. The molecule has 50 heavy (non-hydrogen) atoms. The third kappa shape index (κ3) is 6.46. The second-order valence-electron chi connectivity index (χ2n) is 13.3. The molecule has 0 aliphatic carbocycles. The van der Waals surface area contributed by atoms with Crippen molar-refractivity contribution in [2.45, 2.75) is 44.2 Å². The van der Waals surface area contributed by atoms with E-state index in [9.17, 15) is 4.79 Å². The first-order valence-electron chi connectivity index (χ1n) is 17.2. The molecular weight excluding hydrogens is 634 g/mol. The Kier molecular flexibility index (Phi) is 9.59. The van der Waals surface area contributed by atoms with Gasteiger partial charge in [-0.1, -0.05) is 18.2 Å². The van der Waals surface area contributed by atoms with E-state index in [1.54, 1.807) is 27.4 Å². The normalized spacial score (nSPS) is 18.5. The van der Waals surface area contributed by atoms with Crippen LogP contribution < -0.4 is 34.2 Å². The van der Waals surface area contributed by atoms with Gasteiger partial charge in [0.25, 0.3) is 0 Å². The molecule has 0 saturated heterocycles. The molecule has 6 bridgehead atoms. The Morgan fingerprint density at radius 2 is 1.42 bits per heavy atom. The predicted octanol–water partition coefficient (Wildman–Crippen LogP) is 6.41. The molecule has 4 aliphatic rings. The first-order valence-corrected chi connectivity index (χ1v) is 17.2. The summed E-state index contributed by atoms with van der Waals surface area (Å²) in [6.45, 7) is 1.97. The average Bonchev–Trinajstić information content (AvgIpc) is 3.11. The summed E-state index contributed by atoms with van der Waals surface area (Å²) in [7, 11) is 9.28. The van der Waals surface area contributed by atoms with Gasteiger partial charge in [0.05, 0.1) is 27.8 Å². The highest BCUT2D eigenvalue weighted by Gasteiger charge is 2.35. The molecule has 8 rings (SSSR count). The molecule has 10 nitrogen and oxygen atoms in total. The van der Waals surface area contributed by atoms with Crippen LogP contribution in [0.3, 0.4) is 0 Å². The van der Waals surface area contributed by atoms with Gasteiger partial charge < -0.3 is 34.2 Å². The summed E-state index contributed by atoms with van der Waals surface area (Å²) in [6.07, 6.45) is 3.24. The summed E-state index contributed by atoms with van der Waals surface area (Å²) in [4.78, 5) is 17.3. The fourth-order valence-corrected chi connectivity index (χ4v) is 7.48. The molecule has 0 spiro atoms. The van der Waals surface area contributed by atoms with Gasteiger partial charge >= 0.3 is 5.97 Å². The molecule has 0 saturated carbocycles. The number of methoxy groups -OCH3 is 3. The van der Waals surface area contributed by atoms with Gasteiger partial charge in [-0.3, -0.25) is 14.6 Å². The van der Waals surface area contributed by atoms with E-state index >= 15 is 0 Å². The summed E-state index contributed by atoms with van der Waals surface area (Å²) >= 11 is 0. The van der Waals surface area contributed by atoms with E-state index in [1.807, 2.05) is 24.3 Å². The van der Waals surface area contributed by atoms with Gasteiger partial charge in [-0.2, -0.15) is 0 Å². The van der Waals surface area contributed by atoms with Gasteiger partial charge in [-0.05, 0) is 110 Å². The molecule has 4 aromatic carbocycles. The first kappa shape index (κ1) is 33.7. The maximum absolute atomic E-state index is 12.5. The Morgan fingerprint density at radius 3 is 2.14 bits per heavy atom. The van der Waals surface area contributed by atoms with Crippen molar-refractivity contribution in [1.29, 1.82) is 0 Å². The zero-order chi connectivity index (χ0) is 34.9. The van der Waals surface area contributed by atoms with Crippen LogP contribution in [-0.4, -0.2) is 70.8 Å². The number of hydrogen-bond acceptors (Lipinski definition) is 10. The molecule has 10 heteroatoms. The van der Waals surface area contributed by atoms with Crippen molar-refractivity contribution in [3.8, 4) is 46.0 Å². The number of rotatable bonds is 6. The Morgan fingerprint density at radius 1 is 0.760 bits per heavy atom. The number of carbonyl (C=O) groups is 1. The van der Waals surface area contributed by atoms with Crippen LogP contribution >= 0.6 is 0 Å². The van der Waals surface area contributed by atoms with E-state index in [0.29, 0.717) is 52.4 Å². The fourth-order valence-electron chi connectivity index (χ4n) is 7.48. The van der Waals surface area contributed by atoms with Crippen LogP contribution in [0.5, 0.6) is 46.0 Å². The molecule has 0 radical (unpaired) electrons. The Labute approximate surface area is 293 Å². The molecule has 2 N–H and O–H groups in total. The molecule has 4 aromatic rings. The van der Waals surface area contributed by atoms with Gasteiger partial charge in [-0.25, -0.2) is 0 Å². The number of fused-ring (bicyclic) bond motifs is 2. The molecule has 4 aliphatic heterocycles. The number of carbonyl (C=O) groups excluding carboxylic acids is 1. The van der Waals surface area contributed by atoms with E-state index in [0.717, 1.165) is 49.0 Å². The summed E-state index contributed by atoms with van der Waals surface area (Å²) in [5, 5.41) is 0. The number of nitrogens with zero attached hydrogens (tertiary/aromatic N) is 2. The monoisotopic (exact) mass is 679 g/mol. The lowest BCUT2D eigenvalue weighted by molar-refractivity contribution is -0.134. The van der Waals surface area contributed by atoms with Crippen molar-refractivity contribution in [3.05, 3.63) is 94.0 Å². The van der Waals surface area contributed by atoms with Crippen molar-refractivity contribution in [3.63, 3.8) is 0 Å². The van der Waals surface area contributed by atoms with Crippen LogP contribution in [0.25, 0.3) is 0 Å². The zero-order valence-electron chi connectivity index (χ0n) is 29.4. The Bertz CT molecular complexity index is 1890. The number of ether oxygens (including phenoxy) is 6. The molecule has 0 amide bonds. The maximum atomic E-state index is 12.5. The van der Waals surface area contributed by atoms with Crippen molar-refractivity contribution >= 4 is 5.97 Å². The second kappa shape index (κ2) is 14.2. The van der Waals surface area contributed by atoms with E-state index in [4.69, 9.17) is 34.2 Å². The van der Waals surface area contributed by atoms with Crippen LogP contribution in [0, 0.1) is 0 Å². The number of benzene rings is 4. The van der Waals surface area contributed by atoms with Crippen molar-refractivity contribution in [2.75, 3.05) is 55.1 Å². The van der Waals surface area contributed by atoms with Crippen LogP contribution in [0.2, 0.25) is 0 Å². The van der Waals surface area contributed by atoms with Gasteiger partial charge in [0.15, 0.2) is 34.5 Å². The minimum atomic E-state index is -0.409. The van der Waals surface area contributed by atoms with Crippen LogP contribution in [-0.2, 0) is 30.5 Å². The van der Waals surface area contributed by atoms with Crippen molar-refractivity contribution in [2.24, 2.45) is 5.73 Å². The minimum Gasteiger partial charge on any atom is -0.493 e. The summed E-state index contributed by atoms with van der Waals surface area (Å²) in [5.74, 6) is 4.10. The van der Waals surface area contributed by atoms with Gasteiger partial charge in [0, 0.05) is 37.3 Å². The van der Waals surface area contributed by atoms with Gasteiger partial charge in [0.2, 0.25) is 5.75 Å². The minimum absolute atomic E-state index is 0.0901. The maximum Gasteiger partial charge on any atom is 0.312 e. The van der Waals surface area contributed by atoms with Crippen LogP contribution in [0.4, 0.5) is 0 Å². The smallest absolute Gasteiger partial charge is 0.312 e. The molecule has 4 heterocycles. The van der Waals surface area contributed by atoms with E-state index in [2.05, 4.69) is 54.2 Å². The highest BCUT2D eigenvalue weighted by Crippen LogP contribution is 2.52. The van der Waals surface area contributed by atoms with E-state index in [1.165, 1.54) is 16.7 Å². The summed E-state index contributed by atoms with van der Waals surface area (Å²) in [5.41, 5.74) is 12.4. The highest BCUT2D eigenvalue weighted by atomic mass is 16.6. The quantitative estimate of drug-likeness (QED) is 0.182. The third-order valence-corrected chi connectivity index (χ3v) is 10.2. The SMILES string of the molecule is COc1cc2c3cc1Oc1c(OC)c(OC)cc4c1[C@@H](Cc1ccc(OC(=O)CCN)c(c1)Oc1ccc(cc1)C[C@@H]3N(C)CC2)N(C)CC4. The standard InChI is InChI=1S/C40H45N3O7/c1-42-16-13-26-21-33(45-3)35-23-29(26)30(42)18-24-6-9-28(10-7-24)48-34-20-25(8-11-32(34)49-37(44)12-15-41)19-31-38-27(14-17-43(31)2)22-36(46-4)39(47-5)40(38)50-35/h6-11,20-23,30-31H,12-19,41H2,1-5H3/t30-,31+/m0/s1. The third-order valence-electron chi connectivity index (χ3n) is 10.2. The lowest BCUT2D eigenvalue weighted by Gasteiger charge is -2.37. The molecule has 262 valence electrons. The lowest BCUT2D eigenvalue weighted by atomic mass is 9.87. The number of nitrogens with two attached hydrogens (primary N) is 1. The van der Waals surface area contributed by atoms with Crippen LogP contribution in [0.15, 0.2) is 60.7 Å². The largest absolute Gasteiger partial charge is 0.493 e. The second-order valence-corrected chi connectivity index (χ2v) is 13.3. The number of esters is 1. The number of likely N-dealkylation sites (N-methyl/N-ethyl adjacent to an activating group) is 2. The highest BCUT2D eigenvalue weighted by molar-refractivity contribution is 5.73. The summed E-state index contributed by atoms with van der Waals surface area (Å²) in [6, 6.07) is 20.2. The molecular formula is C40H45N3O7. The molecule has 2 atom stereocenters. The van der Waals surface area contributed by atoms with E-state index in [-0.39, 0.29) is 25.0 Å². The molecule has 0 aromatic heterocycles. The zero-order valence-corrected chi connectivity index (χ0v) is 29.4. The fraction of sp³-hybridized carbons (Fsp3) is 0.375. The van der Waals surface area contributed by atoms with Gasteiger partial charge in [0.1, 0.15) is 5.75 Å². The first-order chi connectivity index (χ1) is 24.3. The van der Waals surface area contributed by atoms with Gasteiger partial charge in [-0.15, -0.1) is 0 Å². The van der Waals surface area contributed by atoms with Crippen LogP contribution in [0.1, 0.15) is 51.9 Å². The lowest BCUT2D eigenvalue weighted by Crippen LogP contribution is -2.34. The summed E-state index contributed by atoms with van der Waals surface area (Å²) < 4.78 is 37.1. The topological polar surface area (TPSA) is 105 Å². The van der Waals surface area contributed by atoms with E-state index < -0.39 is 5.97 Å². The van der Waals surface area contributed by atoms with Crippen molar-refractivity contribution in [1.82, 2.24) is 9.80 Å². The Hall–Kier alpha value is -4.77. The predicted molar refractivity (Wildman–Crippen MR) is 190 cm³/mol. The number of hydrogen-bond donors (Lipinski definition) is 1. The molecule has 0 fully saturated rings. The molecule has 0 unspecified atom stereocenters.